The number of halogens is 3. The molecule has 2 aliphatic heterocycles. The Labute approximate surface area is 173 Å². The fourth-order valence-electron chi connectivity index (χ4n) is 4.01. The number of ether oxygens (including phenoxy) is 1. The van der Waals surface area contributed by atoms with E-state index in [2.05, 4.69) is 38.5 Å². The molecule has 1 N–H and O–H groups in total. The molecule has 0 aromatic heterocycles. The highest BCUT2D eigenvalue weighted by molar-refractivity contribution is 5.96. The number of nitrogens with zero attached hydrogens (tertiary/aromatic N) is 2. The lowest BCUT2D eigenvalue weighted by Crippen LogP contribution is -3.00. The molecule has 2 aromatic carbocycles. The van der Waals surface area contributed by atoms with Gasteiger partial charge in [-0.25, -0.2) is 9.48 Å². The van der Waals surface area contributed by atoms with Gasteiger partial charge in [-0.1, -0.05) is 17.7 Å². The second-order valence-corrected chi connectivity index (χ2v) is 7.17. The Hall–Kier alpha value is -1.99. The van der Waals surface area contributed by atoms with Gasteiger partial charge < -0.3 is 26.8 Å². The largest absolute Gasteiger partial charge is 1.00 e. The summed E-state index contributed by atoms with van der Waals surface area (Å²) in [5.41, 5.74) is 1.73. The lowest BCUT2D eigenvalue weighted by atomic mass is 10.0. The molecule has 0 saturated carbocycles. The first kappa shape index (κ1) is 20.7. The minimum absolute atomic E-state index is 0. The number of rotatable bonds is 4. The van der Waals surface area contributed by atoms with E-state index in [9.17, 15) is 13.9 Å². The molecule has 1 unspecified atom stereocenters. The summed E-state index contributed by atoms with van der Waals surface area (Å²) in [6.07, 6.45) is 3.01. The minimum Gasteiger partial charge on any atom is -1.00 e. The van der Waals surface area contributed by atoms with Crippen molar-refractivity contribution in [2.24, 2.45) is 0 Å². The standard InChI is InChI=1S/C21H23F2N2O2.BrH/c1-15-5-9-17(10-6-15)24-14-21(26,25-13-3-2-4-19(24)25)16-7-11-18(12-8-16)27-20(22)23;/h5-12,20,26H,2-4,13-14H2,1H3;1H/q+1;/p-1. The van der Waals surface area contributed by atoms with Crippen LogP contribution in [-0.4, -0.2) is 35.2 Å². The Morgan fingerprint density at radius 1 is 1.07 bits per heavy atom. The predicted molar refractivity (Wildman–Crippen MR) is 99.5 cm³/mol. The van der Waals surface area contributed by atoms with Gasteiger partial charge in [0.1, 0.15) is 11.4 Å². The predicted octanol–water partition coefficient (Wildman–Crippen LogP) is 0.861. The quantitative estimate of drug-likeness (QED) is 0.698. The fraction of sp³-hybridized carbons (Fsp3) is 0.381. The lowest BCUT2D eigenvalue weighted by molar-refractivity contribution is -0.661. The molecule has 28 heavy (non-hydrogen) atoms. The van der Waals surface area contributed by atoms with Gasteiger partial charge in [-0.15, -0.1) is 0 Å². The number of anilines is 1. The first-order valence-electron chi connectivity index (χ1n) is 9.23. The van der Waals surface area contributed by atoms with E-state index in [4.69, 9.17) is 0 Å². The molecule has 0 saturated heterocycles. The molecule has 0 aliphatic carbocycles. The number of alkyl halides is 2. The van der Waals surface area contributed by atoms with Gasteiger partial charge in [-0.2, -0.15) is 8.78 Å². The van der Waals surface area contributed by atoms with E-state index in [1.807, 2.05) is 6.92 Å². The van der Waals surface area contributed by atoms with Crippen molar-refractivity contribution >= 4 is 11.5 Å². The third-order valence-corrected chi connectivity index (χ3v) is 5.37. The maximum absolute atomic E-state index is 12.4. The van der Waals surface area contributed by atoms with Crippen LogP contribution >= 0.6 is 0 Å². The summed E-state index contributed by atoms with van der Waals surface area (Å²) >= 11 is 0. The molecule has 7 heteroatoms. The van der Waals surface area contributed by atoms with E-state index in [1.165, 1.54) is 17.7 Å². The number of benzene rings is 2. The first-order valence-corrected chi connectivity index (χ1v) is 9.23. The van der Waals surface area contributed by atoms with Crippen LogP contribution in [0.2, 0.25) is 0 Å². The molecule has 4 rings (SSSR count). The number of hydrogen-bond acceptors (Lipinski definition) is 3. The average Bonchev–Trinajstić information content (AvgIpc) is 2.97. The Bertz CT molecular complexity index is 856. The van der Waals surface area contributed by atoms with Crippen LogP contribution in [-0.2, 0) is 5.72 Å². The second-order valence-electron chi connectivity index (χ2n) is 7.17. The molecule has 2 heterocycles. The average molecular weight is 453 g/mol. The fourth-order valence-corrected chi connectivity index (χ4v) is 4.01. The maximum atomic E-state index is 12.4. The SMILES string of the molecule is Cc1ccc(N2CC(O)(c3ccc(OC(F)F)cc3)[N+]3=C2CCCC3)cc1.[Br-]. The normalized spacial score (nSPS) is 21.5. The van der Waals surface area contributed by atoms with Gasteiger partial charge in [0.2, 0.25) is 0 Å². The highest BCUT2D eigenvalue weighted by Crippen LogP contribution is 2.36. The molecule has 0 amide bonds. The highest BCUT2D eigenvalue weighted by atomic mass is 79.9. The number of β-amino-alcohol motifs (C(OH)–C–C–N with tert-alkyl or cyclic N) is 1. The third kappa shape index (κ3) is 3.78. The van der Waals surface area contributed by atoms with Crippen molar-refractivity contribution in [2.75, 3.05) is 18.0 Å². The van der Waals surface area contributed by atoms with Crippen molar-refractivity contribution in [3.63, 3.8) is 0 Å². The van der Waals surface area contributed by atoms with Crippen molar-refractivity contribution in [3.05, 3.63) is 59.7 Å². The van der Waals surface area contributed by atoms with Gasteiger partial charge in [-0.3, -0.25) is 0 Å². The van der Waals surface area contributed by atoms with Crippen LogP contribution in [0.5, 0.6) is 5.75 Å². The van der Waals surface area contributed by atoms with E-state index in [-0.39, 0.29) is 22.7 Å². The summed E-state index contributed by atoms with van der Waals surface area (Å²) in [4.78, 5) is 2.17. The van der Waals surface area contributed by atoms with Gasteiger partial charge in [0.25, 0.3) is 11.6 Å². The number of hydrogen-bond donors (Lipinski definition) is 1. The van der Waals surface area contributed by atoms with Crippen LogP contribution in [0.15, 0.2) is 48.5 Å². The van der Waals surface area contributed by atoms with E-state index in [1.54, 1.807) is 12.1 Å². The van der Waals surface area contributed by atoms with E-state index in [0.717, 1.165) is 37.3 Å². The van der Waals surface area contributed by atoms with Crippen LogP contribution in [0.3, 0.4) is 0 Å². The van der Waals surface area contributed by atoms with Gasteiger partial charge in [0, 0.05) is 12.0 Å². The van der Waals surface area contributed by atoms with Gasteiger partial charge >= 0.3 is 6.61 Å². The number of aliphatic hydroxyl groups is 1. The molecule has 0 fully saturated rings. The number of aryl methyl sites for hydroxylation is 1. The molecular formula is C21H23BrF2N2O2. The van der Waals surface area contributed by atoms with Crippen LogP contribution in [0.4, 0.5) is 14.5 Å². The molecular weight excluding hydrogens is 430 g/mol. The van der Waals surface area contributed by atoms with E-state index >= 15 is 0 Å². The highest BCUT2D eigenvalue weighted by Gasteiger charge is 2.52. The third-order valence-electron chi connectivity index (χ3n) is 5.37. The van der Waals surface area contributed by atoms with E-state index < -0.39 is 12.3 Å². The smallest absolute Gasteiger partial charge is 0.387 e. The molecule has 0 bridgehead atoms. The Morgan fingerprint density at radius 2 is 1.75 bits per heavy atom. The number of amidine groups is 1. The Kier molecular flexibility index (Phi) is 6.05. The zero-order chi connectivity index (χ0) is 19.0. The summed E-state index contributed by atoms with van der Waals surface area (Å²) in [7, 11) is 0. The minimum atomic E-state index is -2.86. The maximum Gasteiger partial charge on any atom is 0.387 e. The van der Waals surface area contributed by atoms with Gasteiger partial charge in [-0.05, 0) is 56.2 Å². The lowest BCUT2D eigenvalue weighted by Gasteiger charge is -2.24. The first-order chi connectivity index (χ1) is 13.0. The summed E-state index contributed by atoms with van der Waals surface area (Å²) < 4.78 is 31.3. The molecule has 2 aromatic rings. The van der Waals surface area contributed by atoms with Crippen molar-refractivity contribution in [3.8, 4) is 5.75 Å². The second kappa shape index (κ2) is 8.17. The summed E-state index contributed by atoms with van der Waals surface area (Å²) in [5.74, 6) is 1.20. The zero-order valence-corrected chi connectivity index (χ0v) is 17.2. The van der Waals surface area contributed by atoms with Crippen molar-refractivity contribution < 1.29 is 40.2 Å². The van der Waals surface area contributed by atoms with E-state index in [0.29, 0.717) is 12.1 Å². The molecule has 1 atom stereocenters. The topological polar surface area (TPSA) is 35.7 Å². The van der Waals surface area contributed by atoms with Crippen LogP contribution in [0, 0.1) is 6.92 Å². The summed E-state index contributed by atoms with van der Waals surface area (Å²) in [6, 6.07) is 14.6. The molecule has 0 radical (unpaired) electrons. The molecule has 4 nitrogen and oxygen atoms in total. The zero-order valence-electron chi connectivity index (χ0n) is 15.6. The van der Waals surface area contributed by atoms with Gasteiger partial charge in [0.05, 0.1) is 6.54 Å². The van der Waals surface area contributed by atoms with Crippen molar-refractivity contribution in [2.45, 2.75) is 38.5 Å². The Morgan fingerprint density at radius 3 is 2.39 bits per heavy atom. The molecule has 2 aliphatic rings. The van der Waals surface area contributed by atoms with Crippen LogP contribution in [0.1, 0.15) is 30.4 Å². The Balaban J connectivity index is 0.00000225. The summed E-state index contributed by atoms with van der Waals surface area (Å²) in [6.45, 7) is 0.362. The molecule has 150 valence electrons. The van der Waals surface area contributed by atoms with Crippen LogP contribution < -0.4 is 26.6 Å². The monoisotopic (exact) mass is 452 g/mol. The van der Waals surface area contributed by atoms with Crippen molar-refractivity contribution in [1.29, 1.82) is 0 Å². The van der Waals surface area contributed by atoms with Crippen molar-refractivity contribution in [1.82, 2.24) is 0 Å². The molecule has 0 spiro atoms. The van der Waals surface area contributed by atoms with Gasteiger partial charge in [0.15, 0.2) is 6.54 Å². The summed E-state index contributed by atoms with van der Waals surface area (Å²) in [5, 5.41) is 11.6. The van der Waals surface area contributed by atoms with Crippen LogP contribution in [0.25, 0.3) is 0 Å².